The fourth-order valence-corrected chi connectivity index (χ4v) is 3.70. The Balaban J connectivity index is 1.53. The van der Waals surface area contributed by atoms with Crippen molar-refractivity contribution in [3.63, 3.8) is 0 Å². The number of nitrogens with zero attached hydrogens (tertiary/aromatic N) is 4. The number of hydrogen-bond acceptors (Lipinski definition) is 6. The number of rotatable bonds is 2. The molecule has 1 aromatic rings. The molecule has 0 bridgehead atoms. The van der Waals surface area contributed by atoms with Gasteiger partial charge in [0.25, 0.3) is 0 Å². The first-order valence-electron chi connectivity index (χ1n) is 8.68. The number of morpholine rings is 1. The normalized spacial score (nSPS) is 25.1. The summed E-state index contributed by atoms with van der Waals surface area (Å²) in [5.41, 5.74) is 1.14. The van der Waals surface area contributed by atoms with Crippen LogP contribution in [0.4, 0.5) is 11.5 Å². The van der Waals surface area contributed by atoms with Crippen LogP contribution in [0.15, 0.2) is 12.3 Å². The standard InChI is InChI=1S/C17H26N4O2/c1-13(2)20-3-4-21-15(11-20)12-23-16-9-14(10-18-17(16)21)19-5-7-22-8-6-19/h9-10,13,15H,3-8,11-12H2,1-2H3/t15-/m1/s1. The second kappa shape index (κ2) is 6.17. The monoisotopic (exact) mass is 318 g/mol. The lowest BCUT2D eigenvalue weighted by Gasteiger charge is -2.46. The van der Waals surface area contributed by atoms with E-state index in [4.69, 9.17) is 14.5 Å². The maximum Gasteiger partial charge on any atom is 0.171 e. The second-order valence-electron chi connectivity index (χ2n) is 6.86. The number of pyridine rings is 1. The molecule has 6 heteroatoms. The minimum Gasteiger partial charge on any atom is -0.487 e. The highest BCUT2D eigenvalue weighted by Crippen LogP contribution is 2.36. The van der Waals surface area contributed by atoms with Crippen LogP contribution in [-0.4, -0.2) is 74.5 Å². The molecule has 3 aliphatic heterocycles. The van der Waals surface area contributed by atoms with E-state index in [2.05, 4.69) is 34.6 Å². The summed E-state index contributed by atoms with van der Waals surface area (Å²) in [6, 6.07) is 3.16. The first-order chi connectivity index (χ1) is 11.2. The van der Waals surface area contributed by atoms with E-state index in [-0.39, 0.29) is 0 Å². The van der Waals surface area contributed by atoms with Crippen molar-refractivity contribution in [2.75, 3.05) is 62.3 Å². The van der Waals surface area contributed by atoms with Crippen LogP contribution in [0.2, 0.25) is 0 Å². The summed E-state index contributed by atoms with van der Waals surface area (Å²) in [7, 11) is 0. The smallest absolute Gasteiger partial charge is 0.171 e. The third-order valence-electron chi connectivity index (χ3n) is 5.14. The number of hydrogen-bond donors (Lipinski definition) is 0. The fraction of sp³-hybridized carbons (Fsp3) is 0.706. The van der Waals surface area contributed by atoms with E-state index < -0.39 is 0 Å². The summed E-state index contributed by atoms with van der Waals surface area (Å²) in [4.78, 5) is 12.0. The van der Waals surface area contributed by atoms with Crippen molar-refractivity contribution in [1.29, 1.82) is 0 Å². The summed E-state index contributed by atoms with van der Waals surface area (Å²) in [5.74, 6) is 1.95. The van der Waals surface area contributed by atoms with Crippen LogP contribution in [0.5, 0.6) is 5.75 Å². The van der Waals surface area contributed by atoms with Gasteiger partial charge >= 0.3 is 0 Å². The zero-order valence-corrected chi connectivity index (χ0v) is 14.1. The van der Waals surface area contributed by atoms with Gasteiger partial charge in [0, 0.05) is 44.8 Å². The predicted molar refractivity (Wildman–Crippen MR) is 90.6 cm³/mol. The number of anilines is 2. The molecule has 4 rings (SSSR count). The van der Waals surface area contributed by atoms with Gasteiger partial charge in [-0.15, -0.1) is 0 Å². The Morgan fingerprint density at radius 1 is 1.17 bits per heavy atom. The molecule has 2 saturated heterocycles. The molecule has 1 atom stereocenters. The Labute approximate surface area is 138 Å². The summed E-state index contributed by atoms with van der Waals surface area (Å²) < 4.78 is 11.5. The van der Waals surface area contributed by atoms with Crippen LogP contribution >= 0.6 is 0 Å². The molecule has 4 heterocycles. The topological polar surface area (TPSA) is 41.1 Å². The summed E-state index contributed by atoms with van der Waals surface area (Å²) >= 11 is 0. The molecule has 0 amide bonds. The summed E-state index contributed by atoms with van der Waals surface area (Å²) in [5, 5.41) is 0. The Morgan fingerprint density at radius 2 is 2.00 bits per heavy atom. The van der Waals surface area contributed by atoms with Crippen molar-refractivity contribution in [3.05, 3.63) is 12.3 Å². The van der Waals surface area contributed by atoms with E-state index in [0.717, 1.165) is 69.8 Å². The quantitative estimate of drug-likeness (QED) is 0.816. The van der Waals surface area contributed by atoms with Crippen LogP contribution in [0, 0.1) is 0 Å². The highest BCUT2D eigenvalue weighted by molar-refractivity contribution is 5.62. The molecule has 0 saturated carbocycles. The van der Waals surface area contributed by atoms with Crippen LogP contribution in [0.3, 0.4) is 0 Å². The maximum atomic E-state index is 6.06. The largest absolute Gasteiger partial charge is 0.487 e. The average Bonchev–Trinajstić information content (AvgIpc) is 2.61. The van der Waals surface area contributed by atoms with Gasteiger partial charge in [0.05, 0.1) is 31.1 Å². The zero-order valence-electron chi connectivity index (χ0n) is 14.1. The van der Waals surface area contributed by atoms with Crippen molar-refractivity contribution in [2.45, 2.75) is 25.9 Å². The van der Waals surface area contributed by atoms with Crippen LogP contribution in [0.1, 0.15) is 13.8 Å². The van der Waals surface area contributed by atoms with E-state index in [9.17, 15) is 0 Å². The fourth-order valence-electron chi connectivity index (χ4n) is 3.70. The molecule has 2 fully saturated rings. The lowest BCUT2D eigenvalue weighted by molar-refractivity contribution is 0.122. The van der Waals surface area contributed by atoms with Gasteiger partial charge in [-0.25, -0.2) is 4.98 Å². The molecule has 0 spiro atoms. The van der Waals surface area contributed by atoms with Gasteiger partial charge in [0.1, 0.15) is 6.61 Å². The van der Waals surface area contributed by atoms with Gasteiger partial charge in [-0.2, -0.15) is 0 Å². The molecule has 0 aliphatic carbocycles. The van der Waals surface area contributed by atoms with Crippen molar-refractivity contribution in [1.82, 2.24) is 9.88 Å². The molecule has 1 aromatic heterocycles. The molecular formula is C17H26N4O2. The van der Waals surface area contributed by atoms with Gasteiger partial charge in [-0.3, -0.25) is 4.90 Å². The Hall–Kier alpha value is -1.53. The molecule has 23 heavy (non-hydrogen) atoms. The van der Waals surface area contributed by atoms with Crippen LogP contribution in [-0.2, 0) is 4.74 Å². The zero-order chi connectivity index (χ0) is 15.8. The highest BCUT2D eigenvalue weighted by atomic mass is 16.5. The van der Waals surface area contributed by atoms with Crippen molar-refractivity contribution in [2.24, 2.45) is 0 Å². The second-order valence-corrected chi connectivity index (χ2v) is 6.86. The minimum atomic E-state index is 0.417. The number of ether oxygens (including phenoxy) is 2. The molecule has 6 nitrogen and oxygen atoms in total. The van der Waals surface area contributed by atoms with E-state index >= 15 is 0 Å². The number of piperazine rings is 1. The van der Waals surface area contributed by atoms with Crippen LogP contribution in [0.25, 0.3) is 0 Å². The minimum absolute atomic E-state index is 0.417. The molecule has 0 unspecified atom stereocenters. The van der Waals surface area contributed by atoms with E-state index in [0.29, 0.717) is 12.1 Å². The Bertz CT molecular complexity index is 560. The predicted octanol–water partition coefficient (Wildman–Crippen LogP) is 1.21. The van der Waals surface area contributed by atoms with Gasteiger partial charge in [0.2, 0.25) is 0 Å². The van der Waals surface area contributed by atoms with Gasteiger partial charge in [-0.1, -0.05) is 0 Å². The van der Waals surface area contributed by atoms with Gasteiger partial charge < -0.3 is 19.3 Å². The van der Waals surface area contributed by atoms with Crippen molar-refractivity contribution >= 4 is 11.5 Å². The van der Waals surface area contributed by atoms with Crippen molar-refractivity contribution < 1.29 is 9.47 Å². The Morgan fingerprint density at radius 3 is 2.78 bits per heavy atom. The maximum absolute atomic E-state index is 6.06. The third kappa shape index (κ3) is 2.85. The number of aromatic nitrogens is 1. The third-order valence-corrected chi connectivity index (χ3v) is 5.14. The van der Waals surface area contributed by atoms with Gasteiger partial charge in [-0.05, 0) is 13.8 Å². The molecule has 0 N–H and O–H groups in total. The molecule has 126 valence electrons. The Kier molecular flexibility index (Phi) is 4.03. The summed E-state index contributed by atoms with van der Waals surface area (Å²) in [6.45, 7) is 11.9. The first-order valence-corrected chi connectivity index (χ1v) is 8.68. The van der Waals surface area contributed by atoms with E-state index in [1.165, 1.54) is 0 Å². The molecular weight excluding hydrogens is 292 g/mol. The van der Waals surface area contributed by atoms with E-state index in [1.807, 2.05) is 6.20 Å². The van der Waals surface area contributed by atoms with Crippen LogP contribution < -0.4 is 14.5 Å². The van der Waals surface area contributed by atoms with Crippen molar-refractivity contribution in [3.8, 4) is 5.75 Å². The molecule has 3 aliphatic rings. The lowest BCUT2D eigenvalue weighted by Crippen LogP contribution is -2.58. The first kappa shape index (κ1) is 15.0. The van der Waals surface area contributed by atoms with Gasteiger partial charge in [0.15, 0.2) is 11.6 Å². The average molecular weight is 318 g/mol. The lowest BCUT2D eigenvalue weighted by atomic mass is 10.1. The molecule has 0 radical (unpaired) electrons. The highest BCUT2D eigenvalue weighted by Gasteiger charge is 2.34. The SMILES string of the molecule is CC(C)N1CCN2c3ncc(N4CCOCC4)cc3OC[C@H]2C1. The molecule has 0 aromatic carbocycles. The van der Waals surface area contributed by atoms with E-state index in [1.54, 1.807) is 0 Å². The summed E-state index contributed by atoms with van der Waals surface area (Å²) in [6.07, 6.45) is 1.99. The number of fused-ring (bicyclic) bond motifs is 3.